The minimum absolute atomic E-state index is 0. The van der Waals surface area contributed by atoms with E-state index in [1.807, 2.05) is 0 Å². The van der Waals surface area contributed by atoms with Crippen LogP contribution in [0, 0.1) is 5.92 Å². The van der Waals surface area contributed by atoms with Crippen molar-refractivity contribution in [2.45, 2.75) is 24.8 Å². The summed E-state index contributed by atoms with van der Waals surface area (Å²) in [6, 6.07) is -0.250. The van der Waals surface area contributed by atoms with E-state index in [9.17, 15) is 8.78 Å². The molecule has 1 saturated carbocycles. The van der Waals surface area contributed by atoms with Crippen molar-refractivity contribution in [3.05, 3.63) is 12.7 Å². The summed E-state index contributed by atoms with van der Waals surface area (Å²) in [5.41, 5.74) is 5.45. The van der Waals surface area contributed by atoms with Crippen LogP contribution >= 0.6 is 12.4 Å². The van der Waals surface area contributed by atoms with Crippen molar-refractivity contribution >= 4 is 12.4 Å². The van der Waals surface area contributed by atoms with Gasteiger partial charge in [0.2, 0.25) is 5.92 Å². The van der Waals surface area contributed by atoms with E-state index in [1.165, 1.54) is 6.08 Å². The fourth-order valence-electron chi connectivity index (χ4n) is 1.17. The van der Waals surface area contributed by atoms with E-state index in [0.29, 0.717) is 0 Å². The first-order valence-electron chi connectivity index (χ1n) is 3.31. The van der Waals surface area contributed by atoms with Gasteiger partial charge < -0.3 is 5.73 Å². The van der Waals surface area contributed by atoms with E-state index in [1.54, 1.807) is 0 Å². The molecule has 0 aromatic heterocycles. The van der Waals surface area contributed by atoms with Crippen LogP contribution in [0.15, 0.2) is 12.7 Å². The van der Waals surface area contributed by atoms with E-state index in [4.69, 9.17) is 5.73 Å². The zero-order valence-electron chi connectivity index (χ0n) is 6.09. The number of hydrogen-bond donors (Lipinski definition) is 1. The molecule has 1 aliphatic carbocycles. The number of nitrogens with two attached hydrogens (primary N) is 1. The van der Waals surface area contributed by atoms with Gasteiger partial charge in [0.1, 0.15) is 0 Å². The lowest BCUT2D eigenvalue weighted by molar-refractivity contribution is -0.112. The molecule has 0 aromatic rings. The van der Waals surface area contributed by atoms with Crippen molar-refractivity contribution in [2.75, 3.05) is 0 Å². The molecule has 1 fully saturated rings. The van der Waals surface area contributed by atoms with E-state index in [2.05, 4.69) is 6.58 Å². The Morgan fingerprint density at radius 2 is 2.00 bits per heavy atom. The summed E-state index contributed by atoms with van der Waals surface area (Å²) >= 11 is 0. The Balaban J connectivity index is 0.000001000. The largest absolute Gasteiger partial charge is 0.324 e. The fraction of sp³-hybridized carbons (Fsp3) is 0.714. The van der Waals surface area contributed by atoms with Gasteiger partial charge in [0.05, 0.1) is 0 Å². The Morgan fingerprint density at radius 3 is 2.27 bits per heavy atom. The molecule has 0 bridgehead atoms. The highest BCUT2D eigenvalue weighted by Crippen LogP contribution is 2.43. The minimum atomic E-state index is -2.45. The van der Waals surface area contributed by atoms with Crippen LogP contribution in [0.4, 0.5) is 8.78 Å². The Morgan fingerprint density at radius 1 is 1.55 bits per heavy atom. The number of alkyl halides is 2. The summed E-state index contributed by atoms with van der Waals surface area (Å²) in [5.74, 6) is -2.50. The molecule has 0 unspecified atom stereocenters. The average molecular weight is 184 g/mol. The van der Waals surface area contributed by atoms with Crippen LogP contribution < -0.4 is 5.73 Å². The van der Waals surface area contributed by atoms with E-state index in [0.717, 1.165) is 0 Å². The molecular formula is C7H12ClF2N. The lowest BCUT2D eigenvalue weighted by Gasteiger charge is -2.37. The van der Waals surface area contributed by atoms with Gasteiger partial charge >= 0.3 is 0 Å². The molecule has 0 saturated heterocycles. The third-order valence-electron chi connectivity index (χ3n) is 1.94. The van der Waals surface area contributed by atoms with E-state index in [-0.39, 0.29) is 37.2 Å². The summed E-state index contributed by atoms with van der Waals surface area (Å²) in [4.78, 5) is 0. The lowest BCUT2D eigenvalue weighted by Crippen LogP contribution is -2.44. The van der Waals surface area contributed by atoms with Crippen LogP contribution in [0.25, 0.3) is 0 Å². The van der Waals surface area contributed by atoms with Crippen LogP contribution in [-0.4, -0.2) is 12.0 Å². The summed E-state index contributed by atoms with van der Waals surface area (Å²) in [7, 11) is 0. The Bertz CT molecular complexity index is 141. The van der Waals surface area contributed by atoms with Gasteiger partial charge in [-0.2, -0.15) is 0 Å². The number of hydrogen-bond acceptors (Lipinski definition) is 1. The van der Waals surface area contributed by atoms with Gasteiger partial charge in [-0.3, -0.25) is 0 Å². The topological polar surface area (TPSA) is 26.0 Å². The molecule has 0 aliphatic heterocycles. The standard InChI is InChI=1S/C7H11F2N.ClH/c1-2-6(10)5-3-7(8,9)4-5;/h2,5-6H,1,3-4,10H2;1H/t6-;/m1./s1. The zero-order valence-corrected chi connectivity index (χ0v) is 6.91. The van der Waals surface area contributed by atoms with Crippen LogP contribution in [0.2, 0.25) is 0 Å². The molecule has 11 heavy (non-hydrogen) atoms. The second kappa shape index (κ2) is 3.50. The van der Waals surface area contributed by atoms with Crippen molar-refractivity contribution in [1.82, 2.24) is 0 Å². The number of rotatable bonds is 2. The average Bonchev–Trinajstić information content (AvgIpc) is 1.81. The molecule has 1 aliphatic rings. The monoisotopic (exact) mass is 183 g/mol. The Kier molecular flexibility index (Phi) is 3.45. The fourth-order valence-corrected chi connectivity index (χ4v) is 1.17. The molecule has 0 aromatic carbocycles. The van der Waals surface area contributed by atoms with Gasteiger partial charge in [0.25, 0.3) is 0 Å². The van der Waals surface area contributed by atoms with Gasteiger partial charge in [-0.1, -0.05) is 6.08 Å². The molecule has 1 atom stereocenters. The van der Waals surface area contributed by atoms with Crippen molar-refractivity contribution in [2.24, 2.45) is 11.7 Å². The maximum atomic E-state index is 12.2. The third-order valence-corrected chi connectivity index (χ3v) is 1.94. The molecule has 0 spiro atoms. The second-order valence-corrected chi connectivity index (χ2v) is 2.84. The molecule has 4 heteroatoms. The highest BCUT2D eigenvalue weighted by Gasteiger charge is 2.46. The molecule has 0 heterocycles. The van der Waals surface area contributed by atoms with Crippen molar-refractivity contribution in [1.29, 1.82) is 0 Å². The highest BCUT2D eigenvalue weighted by molar-refractivity contribution is 5.85. The SMILES string of the molecule is C=C[C@@H](N)C1CC(F)(F)C1.Cl. The first-order valence-corrected chi connectivity index (χ1v) is 3.31. The van der Waals surface area contributed by atoms with Gasteiger partial charge in [0, 0.05) is 18.9 Å². The van der Waals surface area contributed by atoms with Gasteiger partial charge in [-0.05, 0) is 5.92 Å². The molecule has 0 radical (unpaired) electrons. The summed E-state index contributed by atoms with van der Waals surface area (Å²) in [6.45, 7) is 3.44. The third kappa shape index (κ3) is 2.42. The normalized spacial score (nSPS) is 24.6. The maximum absolute atomic E-state index is 12.2. The lowest BCUT2D eigenvalue weighted by atomic mass is 9.77. The van der Waals surface area contributed by atoms with Crippen LogP contribution in [-0.2, 0) is 0 Å². The zero-order chi connectivity index (χ0) is 7.78. The van der Waals surface area contributed by atoms with Gasteiger partial charge in [-0.25, -0.2) is 8.78 Å². The minimum Gasteiger partial charge on any atom is -0.324 e. The van der Waals surface area contributed by atoms with Crippen LogP contribution in [0.3, 0.4) is 0 Å². The van der Waals surface area contributed by atoms with Crippen molar-refractivity contribution in [3.8, 4) is 0 Å². The molecule has 66 valence electrons. The van der Waals surface area contributed by atoms with Crippen LogP contribution in [0.1, 0.15) is 12.8 Å². The van der Waals surface area contributed by atoms with Crippen molar-refractivity contribution in [3.63, 3.8) is 0 Å². The van der Waals surface area contributed by atoms with Gasteiger partial charge in [0.15, 0.2) is 0 Å². The predicted molar refractivity (Wildman–Crippen MR) is 43.1 cm³/mol. The van der Waals surface area contributed by atoms with Crippen LogP contribution in [0.5, 0.6) is 0 Å². The predicted octanol–water partition coefficient (Wildman–Crippen LogP) is 1.97. The summed E-state index contributed by atoms with van der Waals surface area (Å²) < 4.78 is 24.4. The summed E-state index contributed by atoms with van der Waals surface area (Å²) in [5, 5.41) is 0. The maximum Gasteiger partial charge on any atom is 0.248 e. The second-order valence-electron chi connectivity index (χ2n) is 2.84. The summed E-state index contributed by atoms with van der Waals surface area (Å²) in [6.07, 6.45) is 1.39. The van der Waals surface area contributed by atoms with E-state index >= 15 is 0 Å². The first kappa shape index (κ1) is 10.8. The molecule has 1 nitrogen and oxygen atoms in total. The molecule has 0 amide bonds. The van der Waals surface area contributed by atoms with E-state index < -0.39 is 5.92 Å². The number of halogens is 3. The molecular weight excluding hydrogens is 172 g/mol. The highest BCUT2D eigenvalue weighted by atomic mass is 35.5. The first-order chi connectivity index (χ1) is 4.55. The quantitative estimate of drug-likeness (QED) is 0.651. The smallest absolute Gasteiger partial charge is 0.248 e. The molecule has 1 rings (SSSR count). The Hall–Kier alpha value is -0.150. The van der Waals surface area contributed by atoms with Crippen molar-refractivity contribution < 1.29 is 8.78 Å². The van der Waals surface area contributed by atoms with Gasteiger partial charge in [-0.15, -0.1) is 19.0 Å². The molecule has 2 N–H and O–H groups in total. The Labute approximate surface area is 71.1 Å².